The number of hydrogen-bond donors (Lipinski definition) is 0. The molecule has 0 atom stereocenters. The number of benzene rings is 1. The van der Waals surface area contributed by atoms with E-state index in [1.165, 1.54) is 0 Å². The Morgan fingerprint density at radius 3 is 2.69 bits per heavy atom. The summed E-state index contributed by atoms with van der Waals surface area (Å²) >= 11 is 8.68. The predicted molar refractivity (Wildman–Crippen MR) is 77.2 cm³/mol. The first kappa shape index (κ1) is 14.2. The third kappa shape index (κ3) is 3.86. The summed E-state index contributed by atoms with van der Waals surface area (Å²) in [6, 6.07) is 4.01. The van der Waals surface area contributed by atoms with E-state index < -0.39 is 0 Å². The number of rotatable bonds is 6. The highest BCUT2D eigenvalue weighted by molar-refractivity contribution is 9.10. The van der Waals surface area contributed by atoms with Crippen molar-refractivity contribution >= 4 is 43.6 Å². The third-order valence-corrected chi connectivity index (χ3v) is 3.79. The molecule has 1 aromatic rings. The van der Waals surface area contributed by atoms with E-state index in [0.717, 1.165) is 32.6 Å². The summed E-state index contributed by atoms with van der Waals surface area (Å²) in [7, 11) is 1.65. The molecule has 0 saturated heterocycles. The normalized spacial score (nSPS) is 10.2. The van der Waals surface area contributed by atoms with Gasteiger partial charge in [-0.05, 0) is 39.9 Å². The van der Waals surface area contributed by atoms with E-state index in [9.17, 15) is 0 Å². The molecule has 0 N–H and O–H groups in total. The number of thioether (sulfide) groups is 1. The van der Waals surface area contributed by atoms with Gasteiger partial charge >= 0.3 is 0 Å². The van der Waals surface area contributed by atoms with Gasteiger partial charge in [-0.2, -0.15) is 11.8 Å². The van der Waals surface area contributed by atoms with Crippen LogP contribution in [0.15, 0.2) is 16.6 Å². The fourth-order valence-corrected chi connectivity index (χ4v) is 2.40. The SMILES string of the molecule is COc1cc(CBr)cc(Br)c1OCCSC. The molecule has 0 aromatic heterocycles. The van der Waals surface area contributed by atoms with Crippen molar-refractivity contribution in [2.75, 3.05) is 25.7 Å². The summed E-state index contributed by atoms with van der Waals surface area (Å²) in [6.07, 6.45) is 2.06. The number of halogens is 2. The van der Waals surface area contributed by atoms with Crippen LogP contribution in [0.25, 0.3) is 0 Å². The maximum Gasteiger partial charge on any atom is 0.175 e. The summed E-state index contributed by atoms with van der Waals surface area (Å²) < 4.78 is 11.9. The lowest BCUT2D eigenvalue weighted by molar-refractivity contribution is 0.311. The van der Waals surface area contributed by atoms with E-state index >= 15 is 0 Å². The van der Waals surface area contributed by atoms with Gasteiger partial charge in [-0.25, -0.2) is 0 Å². The predicted octanol–water partition coefficient (Wildman–Crippen LogP) is 4.09. The van der Waals surface area contributed by atoms with Crippen LogP contribution in [0.1, 0.15) is 5.56 Å². The molecule has 90 valence electrons. The smallest absolute Gasteiger partial charge is 0.175 e. The highest BCUT2D eigenvalue weighted by atomic mass is 79.9. The molecule has 0 spiro atoms. The van der Waals surface area contributed by atoms with Gasteiger partial charge in [0.05, 0.1) is 18.2 Å². The molecule has 2 nitrogen and oxygen atoms in total. The van der Waals surface area contributed by atoms with E-state index in [1.54, 1.807) is 18.9 Å². The standard InChI is InChI=1S/C11H14Br2O2S/c1-14-10-6-8(7-12)5-9(13)11(10)15-3-4-16-2/h5-6H,3-4,7H2,1-2H3. The first-order chi connectivity index (χ1) is 7.72. The van der Waals surface area contributed by atoms with Crippen molar-refractivity contribution in [2.45, 2.75) is 5.33 Å². The van der Waals surface area contributed by atoms with Gasteiger partial charge in [-0.15, -0.1) is 0 Å². The Morgan fingerprint density at radius 2 is 2.12 bits per heavy atom. The third-order valence-electron chi connectivity index (χ3n) is 1.98. The Balaban J connectivity index is 2.88. The Morgan fingerprint density at radius 1 is 1.38 bits per heavy atom. The van der Waals surface area contributed by atoms with Gasteiger partial charge in [-0.1, -0.05) is 15.9 Å². The molecule has 0 radical (unpaired) electrons. The van der Waals surface area contributed by atoms with Crippen molar-refractivity contribution in [3.63, 3.8) is 0 Å². The second-order valence-corrected chi connectivity index (χ2v) is 5.48. The molecule has 0 unspecified atom stereocenters. The molecular formula is C11H14Br2O2S. The second-order valence-electron chi connectivity index (χ2n) is 3.08. The van der Waals surface area contributed by atoms with Gasteiger partial charge in [0.15, 0.2) is 11.5 Å². The second kappa shape index (κ2) is 7.45. The van der Waals surface area contributed by atoms with E-state index in [0.29, 0.717) is 6.61 Å². The molecular weight excluding hydrogens is 356 g/mol. The lowest BCUT2D eigenvalue weighted by Gasteiger charge is -2.13. The first-order valence-electron chi connectivity index (χ1n) is 4.77. The Hall–Kier alpha value is 0.130. The van der Waals surface area contributed by atoms with Gasteiger partial charge in [0, 0.05) is 11.1 Å². The Bertz CT molecular complexity index is 345. The van der Waals surface area contributed by atoms with Crippen LogP contribution in [0.2, 0.25) is 0 Å². The van der Waals surface area contributed by atoms with Crippen LogP contribution in [0.5, 0.6) is 11.5 Å². The van der Waals surface area contributed by atoms with Gasteiger partial charge in [0.25, 0.3) is 0 Å². The number of methoxy groups -OCH3 is 1. The number of ether oxygens (including phenoxy) is 2. The zero-order chi connectivity index (χ0) is 12.0. The van der Waals surface area contributed by atoms with Gasteiger partial charge in [0.2, 0.25) is 0 Å². The van der Waals surface area contributed by atoms with Crippen LogP contribution in [-0.4, -0.2) is 25.7 Å². The number of alkyl halides is 1. The minimum absolute atomic E-state index is 0.684. The average molecular weight is 370 g/mol. The molecule has 5 heteroatoms. The summed E-state index contributed by atoms with van der Waals surface area (Å²) in [5.41, 5.74) is 1.15. The molecule has 1 rings (SSSR count). The molecule has 0 aliphatic heterocycles. The molecule has 0 aliphatic rings. The van der Waals surface area contributed by atoms with Gasteiger partial charge < -0.3 is 9.47 Å². The zero-order valence-corrected chi connectivity index (χ0v) is 13.2. The molecule has 0 bridgehead atoms. The summed E-state index contributed by atoms with van der Waals surface area (Å²) in [5.74, 6) is 2.52. The molecule has 0 aliphatic carbocycles. The first-order valence-corrected chi connectivity index (χ1v) is 8.07. The number of hydrogen-bond acceptors (Lipinski definition) is 3. The minimum atomic E-state index is 0.684. The highest BCUT2D eigenvalue weighted by Crippen LogP contribution is 2.37. The Labute approximate surface area is 117 Å². The van der Waals surface area contributed by atoms with E-state index in [2.05, 4.69) is 38.1 Å². The van der Waals surface area contributed by atoms with Gasteiger partial charge in [0.1, 0.15) is 0 Å². The monoisotopic (exact) mass is 368 g/mol. The lowest BCUT2D eigenvalue weighted by Crippen LogP contribution is -2.02. The summed E-state index contributed by atoms with van der Waals surface area (Å²) in [4.78, 5) is 0. The molecule has 0 saturated carbocycles. The van der Waals surface area contributed by atoms with Crippen molar-refractivity contribution in [3.05, 3.63) is 22.2 Å². The topological polar surface area (TPSA) is 18.5 Å². The van der Waals surface area contributed by atoms with Crippen molar-refractivity contribution in [1.29, 1.82) is 0 Å². The van der Waals surface area contributed by atoms with Crippen molar-refractivity contribution in [3.8, 4) is 11.5 Å². The molecule has 0 heterocycles. The highest BCUT2D eigenvalue weighted by Gasteiger charge is 2.10. The van der Waals surface area contributed by atoms with Crippen molar-refractivity contribution in [2.24, 2.45) is 0 Å². The summed E-state index contributed by atoms with van der Waals surface area (Å²) in [5, 5.41) is 0.799. The van der Waals surface area contributed by atoms with Crippen LogP contribution in [0.3, 0.4) is 0 Å². The molecule has 1 aromatic carbocycles. The fourth-order valence-electron chi connectivity index (χ4n) is 1.22. The van der Waals surface area contributed by atoms with Crippen LogP contribution < -0.4 is 9.47 Å². The molecule has 16 heavy (non-hydrogen) atoms. The van der Waals surface area contributed by atoms with Crippen LogP contribution in [-0.2, 0) is 5.33 Å². The van der Waals surface area contributed by atoms with Gasteiger partial charge in [-0.3, -0.25) is 0 Å². The van der Waals surface area contributed by atoms with Crippen LogP contribution in [0, 0.1) is 0 Å². The quantitative estimate of drug-likeness (QED) is 0.555. The molecule has 0 fully saturated rings. The lowest BCUT2D eigenvalue weighted by atomic mass is 10.2. The van der Waals surface area contributed by atoms with Crippen LogP contribution >= 0.6 is 43.6 Å². The minimum Gasteiger partial charge on any atom is -0.493 e. The van der Waals surface area contributed by atoms with Crippen molar-refractivity contribution < 1.29 is 9.47 Å². The van der Waals surface area contributed by atoms with E-state index in [4.69, 9.17) is 9.47 Å². The maximum atomic E-state index is 5.69. The maximum absolute atomic E-state index is 5.69. The van der Waals surface area contributed by atoms with E-state index in [1.807, 2.05) is 12.1 Å². The average Bonchev–Trinajstić information content (AvgIpc) is 2.30. The summed E-state index contributed by atoms with van der Waals surface area (Å²) in [6.45, 7) is 0.684. The van der Waals surface area contributed by atoms with Crippen LogP contribution in [0.4, 0.5) is 0 Å². The zero-order valence-electron chi connectivity index (χ0n) is 9.26. The van der Waals surface area contributed by atoms with E-state index in [-0.39, 0.29) is 0 Å². The molecule has 0 amide bonds. The fraction of sp³-hybridized carbons (Fsp3) is 0.455. The Kier molecular flexibility index (Phi) is 6.61. The van der Waals surface area contributed by atoms with Crippen molar-refractivity contribution in [1.82, 2.24) is 0 Å². The largest absolute Gasteiger partial charge is 0.493 e.